The van der Waals surface area contributed by atoms with E-state index in [9.17, 15) is 4.79 Å². The predicted octanol–water partition coefficient (Wildman–Crippen LogP) is 1.96. The van der Waals surface area contributed by atoms with Crippen molar-refractivity contribution in [3.05, 3.63) is 23.8 Å². The topological polar surface area (TPSA) is 81.8 Å². The first kappa shape index (κ1) is 14.3. The summed E-state index contributed by atoms with van der Waals surface area (Å²) in [5.74, 6) is -0.0866. The first-order valence-electron chi connectivity index (χ1n) is 5.82. The Labute approximate surface area is 107 Å². The number of rotatable bonds is 6. The van der Waals surface area contributed by atoms with Crippen LogP contribution in [0.3, 0.4) is 0 Å². The van der Waals surface area contributed by atoms with Gasteiger partial charge in [0, 0.05) is 6.04 Å². The molecule has 1 rings (SSSR count). The van der Waals surface area contributed by atoms with E-state index < -0.39 is 12.1 Å². The van der Waals surface area contributed by atoms with Gasteiger partial charge < -0.3 is 20.3 Å². The molecule has 0 fully saturated rings. The van der Waals surface area contributed by atoms with Crippen LogP contribution in [-0.4, -0.2) is 24.3 Å². The molecule has 18 heavy (non-hydrogen) atoms. The van der Waals surface area contributed by atoms with Crippen LogP contribution >= 0.6 is 0 Å². The van der Waals surface area contributed by atoms with Crippen LogP contribution in [0.25, 0.3) is 0 Å². The molecule has 2 atom stereocenters. The van der Waals surface area contributed by atoms with Gasteiger partial charge in [-0.05, 0) is 31.0 Å². The van der Waals surface area contributed by atoms with Crippen molar-refractivity contribution < 1.29 is 19.4 Å². The van der Waals surface area contributed by atoms with Gasteiger partial charge in [0.2, 0.25) is 0 Å². The van der Waals surface area contributed by atoms with Gasteiger partial charge in [0.25, 0.3) is 0 Å². The zero-order valence-electron chi connectivity index (χ0n) is 10.8. The third-order valence-electron chi connectivity index (χ3n) is 2.63. The van der Waals surface area contributed by atoms with Crippen molar-refractivity contribution in [2.45, 2.75) is 32.4 Å². The second kappa shape index (κ2) is 6.26. The molecule has 0 spiro atoms. The maximum Gasteiger partial charge on any atom is 0.344 e. The largest absolute Gasteiger partial charge is 0.493 e. The quantitative estimate of drug-likeness (QED) is 0.809. The number of aliphatic carboxylic acids is 1. The van der Waals surface area contributed by atoms with Gasteiger partial charge in [-0.1, -0.05) is 13.0 Å². The van der Waals surface area contributed by atoms with Crippen molar-refractivity contribution in [3.63, 3.8) is 0 Å². The highest BCUT2D eigenvalue weighted by molar-refractivity contribution is 5.72. The molecule has 2 unspecified atom stereocenters. The van der Waals surface area contributed by atoms with E-state index in [0.717, 1.165) is 5.56 Å². The summed E-state index contributed by atoms with van der Waals surface area (Å²) >= 11 is 0. The van der Waals surface area contributed by atoms with Crippen LogP contribution in [0, 0.1) is 0 Å². The molecule has 0 aliphatic heterocycles. The average Bonchev–Trinajstić information content (AvgIpc) is 2.35. The molecule has 0 amide bonds. The fraction of sp³-hybridized carbons (Fsp3) is 0.462. The Kier molecular flexibility index (Phi) is 4.97. The Hall–Kier alpha value is -1.75. The Morgan fingerprint density at radius 3 is 2.56 bits per heavy atom. The normalized spacial score (nSPS) is 13.8. The minimum Gasteiger partial charge on any atom is -0.493 e. The summed E-state index contributed by atoms with van der Waals surface area (Å²) in [7, 11) is 1.51. The number of carboxylic acids is 1. The maximum absolute atomic E-state index is 10.9. The lowest BCUT2D eigenvalue weighted by Gasteiger charge is -2.17. The molecule has 0 aliphatic rings. The number of nitrogens with two attached hydrogens (primary N) is 1. The fourth-order valence-electron chi connectivity index (χ4n) is 1.53. The van der Waals surface area contributed by atoms with Crippen LogP contribution in [-0.2, 0) is 4.79 Å². The van der Waals surface area contributed by atoms with E-state index in [1.807, 2.05) is 6.92 Å². The number of hydrogen-bond acceptors (Lipinski definition) is 4. The van der Waals surface area contributed by atoms with E-state index in [2.05, 4.69) is 0 Å². The van der Waals surface area contributed by atoms with Crippen LogP contribution in [0.2, 0.25) is 0 Å². The molecular formula is C13H19NO4. The Morgan fingerprint density at radius 2 is 2.11 bits per heavy atom. The number of carboxylic acid groups (broad SMARTS) is 1. The molecule has 0 heterocycles. The third kappa shape index (κ3) is 3.37. The Bertz CT molecular complexity index is 417. The summed E-state index contributed by atoms with van der Waals surface area (Å²) in [6.07, 6.45) is -0.492. The maximum atomic E-state index is 10.9. The molecular weight excluding hydrogens is 234 g/mol. The van der Waals surface area contributed by atoms with Crippen molar-refractivity contribution in [2.24, 2.45) is 5.73 Å². The molecule has 100 valence electrons. The number of hydrogen-bond donors (Lipinski definition) is 2. The molecule has 0 radical (unpaired) electrons. The molecule has 0 aromatic heterocycles. The van der Waals surface area contributed by atoms with Crippen molar-refractivity contribution in [1.82, 2.24) is 0 Å². The predicted molar refractivity (Wildman–Crippen MR) is 67.9 cm³/mol. The molecule has 5 heteroatoms. The molecule has 5 nitrogen and oxygen atoms in total. The first-order chi connectivity index (χ1) is 8.49. The van der Waals surface area contributed by atoms with Crippen molar-refractivity contribution in [1.29, 1.82) is 0 Å². The summed E-state index contributed by atoms with van der Waals surface area (Å²) in [6.45, 7) is 3.61. The highest BCUT2D eigenvalue weighted by Crippen LogP contribution is 2.30. The number of ether oxygens (including phenoxy) is 2. The Morgan fingerprint density at radius 1 is 1.44 bits per heavy atom. The standard InChI is InChI=1S/C13H19NO4/c1-4-10(13(15)16)18-11-6-5-9(8(2)14)7-12(11)17-3/h5-8,10H,4,14H2,1-3H3,(H,15,16). The molecule has 1 aromatic carbocycles. The van der Waals surface area contributed by atoms with E-state index in [-0.39, 0.29) is 6.04 Å². The van der Waals surface area contributed by atoms with Crippen LogP contribution in [0.4, 0.5) is 0 Å². The van der Waals surface area contributed by atoms with Gasteiger partial charge in [-0.15, -0.1) is 0 Å². The first-order valence-corrected chi connectivity index (χ1v) is 5.82. The second-order valence-electron chi connectivity index (χ2n) is 4.05. The monoisotopic (exact) mass is 253 g/mol. The molecule has 0 aliphatic carbocycles. The van der Waals surface area contributed by atoms with Gasteiger partial charge in [0.15, 0.2) is 17.6 Å². The van der Waals surface area contributed by atoms with Gasteiger partial charge in [0.1, 0.15) is 0 Å². The summed E-state index contributed by atoms with van der Waals surface area (Å²) < 4.78 is 10.6. The smallest absolute Gasteiger partial charge is 0.344 e. The number of carbonyl (C=O) groups is 1. The van der Waals surface area contributed by atoms with Gasteiger partial charge in [-0.25, -0.2) is 4.79 Å². The Balaban J connectivity index is 2.98. The fourth-order valence-corrected chi connectivity index (χ4v) is 1.53. The second-order valence-corrected chi connectivity index (χ2v) is 4.05. The molecule has 1 aromatic rings. The summed E-state index contributed by atoms with van der Waals surface area (Å²) in [4.78, 5) is 10.9. The van der Waals surface area contributed by atoms with Crippen LogP contribution in [0.15, 0.2) is 18.2 Å². The lowest BCUT2D eigenvalue weighted by Crippen LogP contribution is -2.26. The van der Waals surface area contributed by atoms with E-state index >= 15 is 0 Å². The van der Waals surface area contributed by atoms with Crippen LogP contribution in [0.5, 0.6) is 11.5 Å². The minimum absolute atomic E-state index is 0.116. The molecule has 3 N–H and O–H groups in total. The molecule has 0 bridgehead atoms. The van der Waals surface area contributed by atoms with Crippen LogP contribution in [0.1, 0.15) is 31.9 Å². The molecule has 0 saturated heterocycles. The van der Waals surface area contributed by atoms with Crippen molar-refractivity contribution in [3.8, 4) is 11.5 Å². The summed E-state index contributed by atoms with van der Waals surface area (Å²) in [6, 6.07) is 5.13. The van der Waals surface area contributed by atoms with E-state index in [1.54, 1.807) is 25.1 Å². The van der Waals surface area contributed by atoms with Gasteiger partial charge >= 0.3 is 5.97 Å². The zero-order chi connectivity index (χ0) is 13.7. The average molecular weight is 253 g/mol. The highest BCUT2D eigenvalue weighted by Gasteiger charge is 2.19. The minimum atomic E-state index is -0.990. The number of methoxy groups -OCH3 is 1. The van der Waals surface area contributed by atoms with Gasteiger partial charge in [-0.2, -0.15) is 0 Å². The SMILES string of the molecule is CCC(Oc1ccc(C(C)N)cc1OC)C(=O)O. The van der Waals surface area contributed by atoms with E-state index in [1.165, 1.54) is 7.11 Å². The van der Waals surface area contributed by atoms with Crippen molar-refractivity contribution >= 4 is 5.97 Å². The van der Waals surface area contributed by atoms with Gasteiger partial charge in [0.05, 0.1) is 7.11 Å². The van der Waals surface area contributed by atoms with Gasteiger partial charge in [-0.3, -0.25) is 0 Å². The third-order valence-corrected chi connectivity index (χ3v) is 2.63. The number of benzene rings is 1. The van der Waals surface area contributed by atoms with E-state index in [4.69, 9.17) is 20.3 Å². The lowest BCUT2D eigenvalue weighted by atomic mass is 10.1. The van der Waals surface area contributed by atoms with E-state index in [0.29, 0.717) is 17.9 Å². The zero-order valence-corrected chi connectivity index (χ0v) is 10.8. The molecule has 0 saturated carbocycles. The highest BCUT2D eigenvalue weighted by atomic mass is 16.5. The lowest BCUT2D eigenvalue weighted by molar-refractivity contribution is -0.145. The summed E-state index contributed by atoms with van der Waals surface area (Å²) in [5, 5.41) is 8.96. The van der Waals surface area contributed by atoms with Crippen molar-refractivity contribution in [2.75, 3.05) is 7.11 Å². The van der Waals surface area contributed by atoms with Crippen LogP contribution < -0.4 is 15.2 Å². The summed E-state index contributed by atoms with van der Waals surface area (Å²) in [5.41, 5.74) is 6.68.